The van der Waals surface area contributed by atoms with Gasteiger partial charge >= 0.3 is 6.01 Å². The summed E-state index contributed by atoms with van der Waals surface area (Å²) in [6.07, 6.45) is 11.2. The van der Waals surface area contributed by atoms with Gasteiger partial charge in [-0.25, -0.2) is 15.0 Å². The molecule has 7 heteroatoms. The number of carbonyl (C=O) groups excluding carboxylic acids is 1. The second-order valence-electron chi connectivity index (χ2n) is 7.05. The predicted molar refractivity (Wildman–Crippen MR) is 95.3 cm³/mol. The SMILES string of the molecule is Cc1ccnc(OC[C@H]2CN(C(=O)C3CC=CC3)Cc3cncn3C2)n1. The van der Waals surface area contributed by atoms with Gasteiger partial charge in [0.25, 0.3) is 0 Å². The Morgan fingerprint density at radius 3 is 2.96 bits per heavy atom. The van der Waals surface area contributed by atoms with E-state index in [-0.39, 0.29) is 17.7 Å². The average molecular weight is 353 g/mol. The third kappa shape index (κ3) is 3.61. The van der Waals surface area contributed by atoms with E-state index in [0.29, 0.717) is 25.7 Å². The molecule has 1 aliphatic heterocycles. The van der Waals surface area contributed by atoms with Crippen molar-refractivity contribution in [1.29, 1.82) is 0 Å². The molecule has 0 N–H and O–H groups in total. The lowest BCUT2D eigenvalue weighted by Crippen LogP contribution is -2.38. The van der Waals surface area contributed by atoms with E-state index in [4.69, 9.17) is 4.74 Å². The van der Waals surface area contributed by atoms with E-state index in [1.807, 2.05) is 30.4 Å². The molecule has 0 fully saturated rings. The summed E-state index contributed by atoms with van der Waals surface area (Å²) in [6.45, 7) is 4.42. The normalized spacial score (nSPS) is 20.0. The summed E-state index contributed by atoms with van der Waals surface area (Å²) < 4.78 is 7.94. The predicted octanol–water partition coefficient (Wildman–Crippen LogP) is 1.99. The number of hydrogen-bond acceptors (Lipinski definition) is 5. The third-order valence-electron chi connectivity index (χ3n) is 4.97. The molecular weight excluding hydrogens is 330 g/mol. The number of aryl methyl sites for hydroxylation is 1. The largest absolute Gasteiger partial charge is 0.463 e. The summed E-state index contributed by atoms with van der Waals surface area (Å²) >= 11 is 0. The van der Waals surface area contributed by atoms with Crippen LogP contribution in [-0.4, -0.2) is 43.5 Å². The van der Waals surface area contributed by atoms with Crippen molar-refractivity contribution in [3.8, 4) is 6.01 Å². The number of imidazole rings is 1. The second kappa shape index (κ2) is 7.27. The van der Waals surface area contributed by atoms with Gasteiger partial charge in [0.1, 0.15) is 0 Å². The number of fused-ring (bicyclic) bond motifs is 1. The lowest BCUT2D eigenvalue weighted by atomic mass is 10.0. The highest BCUT2D eigenvalue weighted by molar-refractivity contribution is 5.79. The molecule has 7 nitrogen and oxygen atoms in total. The maximum Gasteiger partial charge on any atom is 0.316 e. The molecule has 3 heterocycles. The molecule has 1 aliphatic carbocycles. The van der Waals surface area contributed by atoms with Gasteiger partial charge in [0.15, 0.2) is 0 Å². The minimum absolute atomic E-state index is 0.0751. The first kappa shape index (κ1) is 16.8. The van der Waals surface area contributed by atoms with Crippen LogP contribution < -0.4 is 4.74 Å². The Labute approximate surface area is 152 Å². The summed E-state index contributed by atoms with van der Waals surface area (Å²) in [5.74, 6) is 0.459. The average Bonchev–Trinajstić information content (AvgIpc) is 3.28. The highest BCUT2D eigenvalue weighted by atomic mass is 16.5. The molecule has 2 aliphatic rings. The van der Waals surface area contributed by atoms with Crippen molar-refractivity contribution in [1.82, 2.24) is 24.4 Å². The minimum Gasteiger partial charge on any atom is -0.463 e. The molecule has 0 saturated carbocycles. The lowest BCUT2D eigenvalue weighted by molar-refractivity contribution is -0.136. The maximum absolute atomic E-state index is 12.9. The first-order valence-electron chi connectivity index (χ1n) is 9.04. The molecule has 1 atom stereocenters. The molecule has 26 heavy (non-hydrogen) atoms. The van der Waals surface area contributed by atoms with Gasteiger partial charge in [0, 0.05) is 43.0 Å². The molecule has 0 radical (unpaired) electrons. The Balaban J connectivity index is 1.48. The van der Waals surface area contributed by atoms with Crippen LogP contribution in [-0.2, 0) is 17.9 Å². The van der Waals surface area contributed by atoms with E-state index in [1.165, 1.54) is 0 Å². The van der Waals surface area contributed by atoms with Crippen LogP contribution in [0.15, 0.2) is 36.9 Å². The van der Waals surface area contributed by atoms with Crippen LogP contribution in [0.5, 0.6) is 6.01 Å². The van der Waals surface area contributed by atoms with Gasteiger partial charge in [-0.2, -0.15) is 0 Å². The molecule has 0 unspecified atom stereocenters. The zero-order valence-corrected chi connectivity index (χ0v) is 14.9. The quantitative estimate of drug-likeness (QED) is 0.786. The van der Waals surface area contributed by atoms with Crippen LogP contribution in [0.4, 0.5) is 0 Å². The van der Waals surface area contributed by atoms with Gasteiger partial charge in [0.05, 0.1) is 25.2 Å². The van der Waals surface area contributed by atoms with Crippen LogP contribution >= 0.6 is 0 Å². The Morgan fingerprint density at radius 2 is 2.15 bits per heavy atom. The number of hydrogen-bond donors (Lipinski definition) is 0. The van der Waals surface area contributed by atoms with E-state index in [1.54, 1.807) is 6.20 Å². The van der Waals surface area contributed by atoms with Crippen molar-refractivity contribution in [2.75, 3.05) is 13.2 Å². The van der Waals surface area contributed by atoms with E-state index < -0.39 is 0 Å². The van der Waals surface area contributed by atoms with Gasteiger partial charge in [0.2, 0.25) is 5.91 Å². The number of allylic oxidation sites excluding steroid dienone is 2. The van der Waals surface area contributed by atoms with Crippen molar-refractivity contribution < 1.29 is 9.53 Å². The van der Waals surface area contributed by atoms with Crippen LogP contribution in [0, 0.1) is 18.8 Å². The van der Waals surface area contributed by atoms with Crippen molar-refractivity contribution in [3.63, 3.8) is 0 Å². The van der Waals surface area contributed by atoms with Crippen LogP contribution in [0.25, 0.3) is 0 Å². The van der Waals surface area contributed by atoms with Crippen molar-refractivity contribution in [3.05, 3.63) is 48.3 Å². The van der Waals surface area contributed by atoms with Gasteiger partial charge in [-0.1, -0.05) is 12.2 Å². The van der Waals surface area contributed by atoms with E-state index in [2.05, 4.69) is 31.7 Å². The number of rotatable bonds is 4. The number of amides is 1. The molecule has 136 valence electrons. The molecule has 0 spiro atoms. The fraction of sp³-hybridized carbons (Fsp3) is 0.474. The number of nitrogens with zero attached hydrogens (tertiary/aromatic N) is 5. The molecule has 0 bridgehead atoms. The molecule has 2 aromatic rings. The first-order chi connectivity index (χ1) is 12.7. The Hall–Kier alpha value is -2.70. The number of ether oxygens (including phenoxy) is 1. The second-order valence-corrected chi connectivity index (χ2v) is 7.05. The molecule has 1 amide bonds. The highest BCUT2D eigenvalue weighted by Gasteiger charge is 2.30. The highest BCUT2D eigenvalue weighted by Crippen LogP contribution is 2.24. The fourth-order valence-corrected chi connectivity index (χ4v) is 3.59. The van der Waals surface area contributed by atoms with Gasteiger partial charge in [-0.3, -0.25) is 4.79 Å². The van der Waals surface area contributed by atoms with Gasteiger partial charge < -0.3 is 14.2 Å². The first-order valence-corrected chi connectivity index (χ1v) is 9.04. The van der Waals surface area contributed by atoms with Gasteiger partial charge in [-0.15, -0.1) is 0 Å². The van der Waals surface area contributed by atoms with E-state index >= 15 is 0 Å². The van der Waals surface area contributed by atoms with Crippen LogP contribution in [0.3, 0.4) is 0 Å². The molecule has 0 saturated heterocycles. The van der Waals surface area contributed by atoms with Crippen LogP contribution in [0.2, 0.25) is 0 Å². The molecular formula is C19H23N5O2. The van der Waals surface area contributed by atoms with Gasteiger partial charge in [-0.05, 0) is 25.8 Å². The Kier molecular flexibility index (Phi) is 4.69. The smallest absolute Gasteiger partial charge is 0.316 e. The maximum atomic E-state index is 12.9. The molecule has 0 aromatic carbocycles. The van der Waals surface area contributed by atoms with Crippen molar-refractivity contribution in [2.24, 2.45) is 11.8 Å². The topological polar surface area (TPSA) is 73.1 Å². The molecule has 4 rings (SSSR count). The lowest BCUT2D eigenvalue weighted by Gasteiger charge is -2.26. The summed E-state index contributed by atoms with van der Waals surface area (Å²) in [7, 11) is 0. The minimum atomic E-state index is 0.0751. The summed E-state index contributed by atoms with van der Waals surface area (Å²) in [6, 6.07) is 2.23. The summed E-state index contributed by atoms with van der Waals surface area (Å²) in [4.78, 5) is 27.6. The summed E-state index contributed by atoms with van der Waals surface area (Å²) in [5, 5.41) is 0. The zero-order valence-electron chi connectivity index (χ0n) is 14.9. The van der Waals surface area contributed by atoms with Crippen LogP contribution in [0.1, 0.15) is 24.2 Å². The van der Waals surface area contributed by atoms with Crippen molar-refractivity contribution in [2.45, 2.75) is 32.9 Å². The van der Waals surface area contributed by atoms with E-state index in [0.717, 1.165) is 30.8 Å². The standard InChI is InChI=1S/C19H23N5O2/c1-14-6-7-21-19(22-14)26-12-15-9-23(18(25)16-4-2-3-5-16)11-17-8-20-13-24(17)10-15/h2-3,6-8,13,15-16H,4-5,9-12H2,1H3/t15-/m0/s1. The van der Waals surface area contributed by atoms with E-state index in [9.17, 15) is 4.79 Å². The monoisotopic (exact) mass is 353 g/mol. The zero-order chi connectivity index (χ0) is 17.9. The Bertz CT molecular complexity index is 808. The Morgan fingerprint density at radius 1 is 1.31 bits per heavy atom. The summed E-state index contributed by atoms with van der Waals surface area (Å²) in [5.41, 5.74) is 1.94. The fourth-order valence-electron chi connectivity index (χ4n) is 3.59. The van der Waals surface area contributed by atoms with Crippen molar-refractivity contribution >= 4 is 5.91 Å². The molecule has 2 aromatic heterocycles. The number of aromatic nitrogens is 4. The number of carbonyl (C=O) groups is 1. The third-order valence-corrected chi connectivity index (χ3v) is 4.97.